The quantitative estimate of drug-likeness (QED) is 0.555. The molecule has 0 N–H and O–H groups in total. The van der Waals surface area contributed by atoms with Crippen molar-refractivity contribution in [3.63, 3.8) is 0 Å². The SMILES string of the molecule is CC(=O)c1cccc(SCC(C)C)c1. The Balaban J connectivity index is 2.69. The molecule has 0 spiro atoms. The van der Waals surface area contributed by atoms with Crippen LogP contribution in [0.25, 0.3) is 0 Å². The molecular weight excluding hydrogens is 192 g/mol. The number of benzene rings is 1. The maximum atomic E-state index is 11.1. The topological polar surface area (TPSA) is 17.1 Å². The molecule has 0 heterocycles. The normalized spacial score (nSPS) is 10.6. The molecule has 0 amide bonds. The number of rotatable bonds is 4. The molecule has 1 aromatic carbocycles. The molecule has 1 nitrogen and oxygen atoms in total. The number of hydrogen-bond donors (Lipinski definition) is 0. The number of carbonyl (C=O) groups is 1. The van der Waals surface area contributed by atoms with Gasteiger partial charge in [0.25, 0.3) is 0 Å². The lowest BCUT2D eigenvalue weighted by Gasteiger charge is -2.05. The lowest BCUT2D eigenvalue weighted by molar-refractivity contribution is 0.101. The van der Waals surface area contributed by atoms with Gasteiger partial charge in [0, 0.05) is 16.2 Å². The zero-order chi connectivity index (χ0) is 10.6. The van der Waals surface area contributed by atoms with E-state index in [1.54, 1.807) is 6.92 Å². The molecule has 0 atom stereocenters. The van der Waals surface area contributed by atoms with E-state index < -0.39 is 0 Å². The molecule has 0 aliphatic rings. The Morgan fingerprint density at radius 2 is 2.14 bits per heavy atom. The van der Waals surface area contributed by atoms with E-state index in [1.807, 2.05) is 30.0 Å². The molecule has 1 rings (SSSR count). The highest BCUT2D eigenvalue weighted by Crippen LogP contribution is 2.21. The largest absolute Gasteiger partial charge is 0.295 e. The van der Waals surface area contributed by atoms with E-state index in [0.717, 1.165) is 11.3 Å². The van der Waals surface area contributed by atoms with Gasteiger partial charge in [-0.25, -0.2) is 0 Å². The lowest BCUT2D eigenvalue weighted by Crippen LogP contribution is -1.93. The summed E-state index contributed by atoms with van der Waals surface area (Å²) < 4.78 is 0. The van der Waals surface area contributed by atoms with Crippen LogP contribution < -0.4 is 0 Å². The number of hydrogen-bond acceptors (Lipinski definition) is 2. The van der Waals surface area contributed by atoms with Gasteiger partial charge in [-0.1, -0.05) is 26.0 Å². The molecule has 76 valence electrons. The van der Waals surface area contributed by atoms with Crippen molar-refractivity contribution in [2.24, 2.45) is 5.92 Å². The molecule has 0 saturated carbocycles. The standard InChI is InChI=1S/C12H16OS/c1-9(2)8-14-12-6-4-5-11(7-12)10(3)13/h4-7,9H,8H2,1-3H3. The van der Waals surface area contributed by atoms with Crippen molar-refractivity contribution in [1.82, 2.24) is 0 Å². The molecule has 0 aliphatic carbocycles. The van der Waals surface area contributed by atoms with Crippen LogP contribution in [0.5, 0.6) is 0 Å². The van der Waals surface area contributed by atoms with E-state index in [1.165, 1.54) is 4.90 Å². The Labute approximate surface area is 89.9 Å². The molecule has 0 bridgehead atoms. The highest BCUT2D eigenvalue weighted by molar-refractivity contribution is 7.99. The minimum absolute atomic E-state index is 0.136. The Bertz CT molecular complexity index is 318. The van der Waals surface area contributed by atoms with E-state index in [2.05, 4.69) is 19.9 Å². The first kappa shape index (κ1) is 11.3. The van der Waals surface area contributed by atoms with Gasteiger partial charge < -0.3 is 0 Å². The van der Waals surface area contributed by atoms with Gasteiger partial charge in [0.1, 0.15) is 0 Å². The van der Waals surface area contributed by atoms with Crippen molar-refractivity contribution in [3.05, 3.63) is 29.8 Å². The van der Waals surface area contributed by atoms with Crippen molar-refractivity contribution in [2.75, 3.05) is 5.75 Å². The minimum Gasteiger partial charge on any atom is -0.295 e. The number of carbonyl (C=O) groups excluding carboxylic acids is 1. The summed E-state index contributed by atoms with van der Waals surface area (Å²) in [6.45, 7) is 6.00. The molecule has 0 aliphatic heterocycles. The molecule has 0 unspecified atom stereocenters. The third-order valence-electron chi connectivity index (χ3n) is 1.82. The van der Waals surface area contributed by atoms with Crippen LogP contribution >= 0.6 is 11.8 Å². The zero-order valence-corrected chi connectivity index (χ0v) is 9.73. The summed E-state index contributed by atoms with van der Waals surface area (Å²) in [4.78, 5) is 12.3. The smallest absolute Gasteiger partial charge is 0.159 e. The van der Waals surface area contributed by atoms with Gasteiger partial charge in [-0.15, -0.1) is 11.8 Å². The molecule has 2 heteroatoms. The van der Waals surface area contributed by atoms with Crippen LogP contribution in [0, 0.1) is 5.92 Å². The summed E-state index contributed by atoms with van der Waals surface area (Å²) >= 11 is 1.81. The van der Waals surface area contributed by atoms with Crippen LogP contribution in [0.15, 0.2) is 29.2 Å². The fourth-order valence-corrected chi connectivity index (χ4v) is 1.98. The summed E-state index contributed by atoms with van der Waals surface area (Å²) in [5.41, 5.74) is 0.804. The van der Waals surface area contributed by atoms with Gasteiger partial charge in [0.15, 0.2) is 5.78 Å². The van der Waals surface area contributed by atoms with Crippen LogP contribution in [-0.2, 0) is 0 Å². The second kappa shape index (κ2) is 5.20. The van der Waals surface area contributed by atoms with E-state index in [9.17, 15) is 4.79 Å². The van der Waals surface area contributed by atoms with Gasteiger partial charge in [0.05, 0.1) is 0 Å². The average Bonchev–Trinajstić information content (AvgIpc) is 2.15. The van der Waals surface area contributed by atoms with Gasteiger partial charge >= 0.3 is 0 Å². The third-order valence-corrected chi connectivity index (χ3v) is 3.24. The predicted octanol–water partition coefficient (Wildman–Crippen LogP) is 3.64. The fraction of sp³-hybridized carbons (Fsp3) is 0.417. The van der Waals surface area contributed by atoms with Gasteiger partial charge in [0.2, 0.25) is 0 Å². The van der Waals surface area contributed by atoms with E-state index >= 15 is 0 Å². The zero-order valence-electron chi connectivity index (χ0n) is 8.91. The Morgan fingerprint density at radius 1 is 1.43 bits per heavy atom. The molecule has 14 heavy (non-hydrogen) atoms. The van der Waals surface area contributed by atoms with Crippen LogP contribution in [0.3, 0.4) is 0 Å². The number of thioether (sulfide) groups is 1. The first-order valence-electron chi connectivity index (χ1n) is 4.83. The van der Waals surface area contributed by atoms with Gasteiger partial charge in [-0.3, -0.25) is 4.79 Å². The van der Waals surface area contributed by atoms with E-state index in [-0.39, 0.29) is 5.78 Å². The van der Waals surface area contributed by atoms with Crippen LogP contribution in [0.2, 0.25) is 0 Å². The summed E-state index contributed by atoms with van der Waals surface area (Å²) in [6.07, 6.45) is 0. The van der Waals surface area contributed by atoms with E-state index in [4.69, 9.17) is 0 Å². The summed E-state index contributed by atoms with van der Waals surface area (Å²) in [5, 5.41) is 0. The summed E-state index contributed by atoms with van der Waals surface area (Å²) in [7, 11) is 0. The second-order valence-corrected chi connectivity index (χ2v) is 4.88. The summed E-state index contributed by atoms with van der Waals surface area (Å²) in [6, 6.07) is 7.83. The molecule has 0 saturated heterocycles. The van der Waals surface area contributed by atoms with Crippen molar-refractivity contribution in [3.8, 4) is 0 Å². The monoisotopic (exact) mass is 208 g/mol. The number of ketones is 1. The maximum absolute atomic E-state index is 11.1. The van der Waals surface area contributed by atoms with Crippen LogP contribution in [-0.4, -0.2) is 11.5 Å². The Hall–Kier alpha value is -0.760. The number of Topliss-reactive ketones (excluding diaryl/α,β-unsaturated/α-hetero) is 1. The second-order valence-electron chi connectivity index (χ2n) is 3.79. The van der Waals surface area contributed by atoms with Crippen molar-refractivity contribution in [1.29, 1.82) is 0 Å². The fourth-order valence-electron chi connectivity index (χ4n) is 1.07. The third kappa shape index (κ3) is 3.54. The Morgan fingerprint density at radius 3 is 2.71 bits per heavy atom. The highest BCUT2D eigenvalue weighted by Gasteiger charge is 2.01. The van der Waals surface area contributed by atoms with Crippen LogP contribution in [0.4, 0.5) is 0 Å². The first-order valence-corrected chi connectivity index (χ1v) is 5.82. The molecule has 1 aromatic rings. The van der Waals surface area contributed by atoms with E-state index in [0.29, 0.717) is 5.92 Å². The lowest BCUT2D eigenvalue weighted by atomic mass is 10.2. The maximum Gasteiger partial charge on any atom is 0.159 e. The van der Waals surface area contributed by atoms with Crippen molar-refractivity contribution < 1.29 is 4.79 Å². The highest BCUT2D eigenvalue weighted by atomic mass is 32.2. The van der Waals surface area contributed by atoms with Gasteiger partial charge in [-0.05, 0) is 25.0 Å². The average molecular weight is 208 g/mol. The summed E-state index contributed by atoms with van der Waals surface area (Å²) in [5.74, 6) is 1.92. The molecule has 0 radical (unpaired) electrons. The van der Waals surface area contributed by atoms with Crippen LogP contribution in [0.1, 0.15) is 31.1 Å². The Kier molecular flexibility index (Phi) is 4.21. The molecule has 0 aromatic heterocycles. The first-order chi connectivity index (χ1) is 6.59. The van der Waals surface area contributed by atoms with Crippen molar-refractivity contribution >= 4 is 17.5 Å². The van der Waals surface area contributed by atoms with Crippen molar-refractivity contribution in [2.45, 2.75) is 25.7 Å². The predicted molar refractivity (Wildman–Crippen MR) is 62.0 cm³/mol. The minimum atomic E-state index is 0.136. The molecular formula is C12H16OS. The van der Waals surface area contributed by atoms with Gasteiger partial charge in [-0.2, -0.15) is 0 Å². The molecule has 0 fully saturated rings.